The van der Waals surface area contributed by atoms with E-state index in [9.17, 15) is 9.59 Å². The molecule has 2 rings (SSSR count). The van der Waals surface area contributed by atoms with Crippen LogP contribution in [-0.2, 0) is 16.8 Å². The molecule has 0 aliphatic heterocycles. The van der Waals surface area contributed by atoms with Gasteiger partial charge in [-0.15, -0.1) is 0 Å². The molecule has 0 aliphatic rings. The van der Waals surface area contributed by atoms with E-state index in [4.69, 9.17) is 9.84 Å². The van der Waals surface area contributed by atoms with Crippen molar-refractivity contribution in [2.45, 2.75) is 32.2 Å². The maximum Gasteiger partial charge on any atom is 0.335 e. The second-order valence-electron chi connectivity index (χ2n) is 6.38. The third-order valence-corrected chi connectivity index (χ3v) is 4.07. The summed E-state index contributed by atoms with van der Waals surface area (Å²) in [5.74, 6) is -0.293. The first kappa shape index (κ1) is 18.5. The number of hydrogen-bond acceptors (Lipinski definition) is 3. The summed E-state index contributed by atoms with van der Waals surface area (Å²) in [5, 5.41) is 11.9. The summed E-state index contributed by atoms with van der Waals surface area (Å²) in [4.78, 5) is 23.2. The highest BCUT2D eigenvalue weighted by Crippen LogP contribution is 2.29. The Kier molecular flexibility index (Phi) is 5.80. The normalized spacial score (nSPS) is 11.0. The Labute approximate surface area is 147 Å². The molecular formula is C20H23NO4. The first-order chi connectivity index (χ1) is 11.8. The van der Waals surface area contributed by atoms with Gasteiger partial charge in [-0.25, -0.2) is 4.79 Å². The van der Waals surface area contributed by atoms with Gasteiger partial charge in [-0.2, -0.15) is 0 Å². The fourth-order valence-corrected chi connectivity index (χ4v) is 2.71. The Morgan fingerprint density at radius 3 is 2.32 bits per heavy atom. The van der Waals surface area contributed by atoms with Gasteiger partial charge in [-0.05, 0) is 44.0 Å². The summed E-state index contributed by atoms with van der Waals surface area (Å²) in [6.07, 6.45) is 0.874. The monoisotopic (exact) mass is 341 g/mol. The highest BCUT2D eigenvalue weighted by atomic mass is 16.5. The smallest absolute Gasteiger partial charge is 0.335 e. The van der Waals surface area contributed by atoms with Gasteiger partial charge in [0.25, 0.3) is 0 Å². The fraction of sp³-hybridized carbons (Fsp3) is 0.300. The molecule has 0 aromatic heterocycles. The molecule has 0 bridgehead atoms. The molecule has 5 heteroatoms. The van der Waals surface area contributed by atoms with Crippen LogP contribution in [-0.4, -0.2) is 24.1 Å². The van der Waals surface area contributed by atoms with Gasteiger partial charge in [0.2, 0.25) is 5.91 Å². The lowest BCUT2D eigenvalue weighted by molar-refractivity contribution is -0.122. The molecule has 0 radical (unpaired) electrons. The zero-order valence-electron chi connectivity index (χ0n) is 14.7. The predicted octanol–water partition coefficient (Wildman–Crippen LogP) is 3.38. The van der Waals surface area contributed by atoms with Crippen LogP contribution in [0.4, 0.5) is 0 Å². The number of carboxylic acids is 1. The number of benzene rings is 2. The number of carboxylic acid groups (broad SMARTS) is 1. The molecule has 0 atom stereocenters. The van der Waals surface area contributed by atoms with Crippen LogP contribution in [0.25, 0.3) is 0 Å². The number of carbonyl (C=O) groups excluding carboxylic acids is 1. The summed E-state index contributed by atoms with van der Waals surface area (Å²) in [5.41, 5.74) is 1.52. The van der Waals surface area contributed by atoms with Crippen LogP contribution in [0.5, 0.6) is 5.75 Å². The predicted molar refractivity (Wildman–Crippen MR) is 95.9 cm³/mol. The number of methoxy groups -OCH3 is 1. The number of para-hydroxylation sites is 1. The van der Waals surface area contributed by atoms with Gasteiger partial charge in [-0.3, -0.25) is 4.79 Å². The van der Waals surface area contributed by atoms with Crippen molar-refractivity contribution in [3.05, 3.63) is 65.2 Å². The second kappa shape index (κ2) is 7.83. The van der Waals surface area contributed by atoms with Crippen LogP contribution in [0.1, 0.15) is 41.8 Å². The summed E-state index contributed by atoms with van der Waals surface area (Å²) in [6.45, 7) is 3.87. The Morgan fingerprint density at radius 1 is 1.08 bits per heavy atom. The van der Waals surface area contributed by atoms with Gasteiger partial charge in [0.05, 0.1) is 18.2 Å². The Bertz CT molecular complexity index is 751. The minimum atomic E-state index is -0.956. The quantitative estimate of drug-likeness (QED) is 0.809. The zero-order chi connectivity index (χ0) is 18.4. The summed E-state index contributed by atoms with van der Waals surface area (Å²) < 4.78 is 5.37. The molecule has 25 heavy (non-hydrogen) atoms. The number of hydrogen-bond donors (Lipinski definition) is 2. The van der Waals surface area contributed by atoms with Crippen LogP contribution >= 0.6 is 0 Å². The first-order valence-electron chi connectivity index (χ1n) is 8.10. The zero-order valence-corrected chi connectivity index (χ0v) is 14.7. The summed E-state index contributed by atoms with van der Waals surface area (Å²) in [6, 6.07) is 14.2. The molecule has 2 N–H and O–H groups in total. The maximum atomic E-state index is 12.3. The lowest BCUT2D eigenvalue weighted by Gasteiger charge is -2.28. The van der Waals surface area contributed by atoms with Crippen LogP contribution < -0.4 is 10.1 Å². The standard InChI is InChI=1S/C20H23NO4/c1-20(2,16-6-4-5-7-17(16)25-3)21-18(22)13-10-14-8-11-15(12-9-14)19(23)24/h4-9,11-12H,10,13H2,1-3H3,(H,21,22)(H,23,24). The Morgan fingerprint density at radius 2 is 1.72 bits per heavy atom. The van der Waals surface area contributed by atoms with Crippen molar-refractivity contribution in [2.24, 2.45) is 0 Å². The van der Waals surface area contributed by atoms with Crippen LogP contribution in [0.15, 0.2) is 48.5 Å². The van der Waals surface area contributed by atoms with E-state index in [1.807, 2.05) is 38.1 Å². The maximum absolute atomic E-state index is 12.3. The van der Waals surface area contributed by atoms with Crippen molar-refractivity contribution < 1.29 is 19.4 Å². The summed E-state index contributed by atoms with van der Waals surface area (Å²) in [7, 11) is 1.61. The van der Waals surface area contributed by atoms with Crippen molar-refractivity contribution >= 4 is 11.9 Å². The average molecular weight is 341 g/mol. The molecule has 0 saturated carbocycles. The van der Waals surface area contributed by atoms with Gasteiger partial charge in [0.1, 0.15) is 5.75 Å². The summed E-state index contributed by atoms with van der Waals surface area (Å²) >= 11 is 0. The third kappa shape index (κ3) is 4.83. The van der Waals surface area contributed by atoms with Gasteiger partial charge in [0, 0.05) is 12.0 Å². The number of ether oxygens (including phenoxy) is 1. The lowest BCUT2D eigenvalue weighted by Crippen LogP contribution is -2.41. The topological polar surface area (TPSA) is 75.6 Å². The molecule has 2 aromatic carbocycles. The van der Waals surface area contributed by atoms with Gasteiger partial charge >= 0.3 is 5.97 Å². The SMILES string of the molecule is COc1ccccc1C(C)(C)NC(=O)CCc1ccc(C(=O)O)cc1. The molecule has 0 spiro atoms. The van der Waals surface area contributed by atoms with Crippen molar-refractivity contribution in [3.63, 3.8) is 0 Å². The minimum absolute atomic E-state index is 0.0711. The van der Waals surface area contributed by atoms with E-state index in [1.54, 1.807) is 31.4 Å². The van der Waals surface area contributed by atoms with Crippen LogP contribution in [0, 0.1) is 0 Å². The van der Waals surface area contributed by atoms with Crippen molar-refractivity contribution in [3.8, 4) is 5.75 Å². The Hall–Kier alpha value is -2.82. The van der Waals surface area contributed by atoms with E-state index < -0.39 is 11.5 Å². The number of nitrogens with one attached hydrogen (secondary N) is 1. The number of carbonyl (C=O) groups is 2. The molecule has 0 fully saturated rings. The van der Waals surface area contributed by atoms with Gasteiger partial charge in [-0.1, -0.05) is 30.3 Å². The molecule has 0 heterocycles. The van der Waals surface area contributed by atoms with E-state index in [0.717, 1.165) is 16.9 Å². The van der Waals surface area contributed by atoms with Gasteiger partial charge < -0.3 is 15.2 Å². The van der Waals surface area contributed by atoms with E-state index in [2.05, 4.69) is 5.32 Å². The first-order valence-corrected chi connectivity index (χ1v) is 8.10. The molecule has 0 aliphatic carbocycles. The average Bonchev–Trinajstić information content (AvgIpc) is 2.60. The molecule has 132 valence electrons. The van der Waals surface area contributed by atoms with Gasteiger partial charge in [0.15, 0.2) is 0 Å². The van der Waals surface area contributed by atoms with Crippen molar-refractivity contribution in [2.75, 3.05) is 7.11 Å². The number of aryl methyl sites for hydroxylation is 1. The molecular weight excluding hydrogens is 318 g/mol. The van der Waals surface area contributed by atoms with Crippen molar-refractivity contribution in [1.29, 1.82) is 0 Å². The number of amides is 1. The second-order valence-corrected chi connectivity index (χ2v) is 6.38. The molecule has 0 saturated heterocycles. The van der Waals surface area contributed by atoms with Crippen LogP contribution in [0.3, 0.4) is 0 Å². The largest absolute Gasteiger partial charge is 0.496 e. The highest BCUT2D eigenvalue weighted by Gasteiger charge is 2.25. The molecule has 1 amide bonds. The van der Waals surface area contributed by atoms with E-state index in [-0.39, 0.29) is 11.5 Å². The minimum Gasteiger partial charge on any atom is -0.496 e. The van der Waals surface area contributed by atoms with Crippen LogP contribution in [0.2, 0.25) is 0 Å². The van der Waals surface area contributed by atoms with E-state index in [0.29, 0.717) is 12.8 Å². The van der Waals surface area contributed by atoms with Crippen molar-refractivity contribution in [1.82, 2.24) is 5.32 Å². The highest BCUT2D eigenvalue weighted by molar-refractivity contribution is 5.87. The third-order valence-electron chi connectivity index (χ3n) is 4.07. The lowest BCUT2D eigenvalue weighted by atomic mass is 9.93. The van der Waals surface area contributed by atoms with E-state index >= 15 is 0 Å². The van der Waals surface area contributed by atoms with E-state index in [1.165, 1.54) is 0 Å². The number of rotatable bonds is 7. The fourth-order valence-electron chi connectivity index (χ4n) is 2.71. The number of aromatic carboxylic acids is 1. The molecule has 0 unspecified atom stereocenters. The molecule has 5 nitrogen and oxygen atoms in total. The Balaban J connectivity index is 1.98. The molecule has 2 aromatic rings.